The van der Waals surface area contributed by atoms with Crippen LogP contribution in [0.2, 0.25) is 0 Å². The van der Waals surface area contributed by atoms with Gasteiger partial charge >= 0.3 is 34.1 Å². The van der Waals surface area contributed by atoms with Crippen molar-refractivity contribution in [2.45, 2.75) is 0 Å². The molecule has 16 heteroatoms. The fourth-order valence-electron chi connectivity index (χ4n) is 3.45. The maximum atomic E-state index is 10.7. The van der Waals surface area contributed by atoms with Crippen molar-refractivity contribution < 1.29 is 92.9 Å². The van der Waals surface area contributed by atoms with Crippen LogP contribution in [0, 0.1) is 0 Å². The van der Waals surface area contributed by atoms with Crippen molar-refractivity contribution in [1.82, 2.24) is 9.97 Å². The van der Waals surface area contributed by atoms with Crippen LogP contribution >= 0.6 is 0 Å². The van der Waals surface area contributed by atoms with Gasteiger partial charge in [-0.25, -0.2) is 0 Å². The molecule has 2 aromatic heterocycles. The third-order valence-corrected chi connectivity index (χ3v) is 6.02. The van der Waals surface area contributed by atoms with E-state index in [1.165, 1.54) is 48.5 Å². The summed E-state index contributed by atoms with van der Waals surface area (Å²) in [6.45, 7) is 0. The molecule has 0 saturated heterocycles. The number of rotatable bonds is 8. The van der Waals surface area contributed by atoms with Crippen LogP contribution in [0.15, 0.2) is 183 Å². The molecule has 0 aliphatic rings. The zero-order valence-electron chi connectivity index (χ0n) is 29.7. The van der Waals surface area contributed by atoms with Crippen molar-refractivity contribution in [1.29, 1.82) is 0 Å². The van der Waals surface area contributed by atoms with E-state index in [2.05, 4.69) is 9.97 Å². The Morgan fingerprint density at radius 1 is 0.276 bits per heavy atom. The molecule has 2 heterocycles. The van der Waals surface area contributed by atoms with Gasteiger partial charge in [-0.15, -0.1) is 0 Å². The van der Waals surface area contributed by atoms with Crippen LogP contribution in [0.3, 0.4) is 0 Å². The number of ketones is 4. The van der Waals surface area contributed by atoms with Gasteiger partial charge in [0.05, 0.1) is 0 Å². The Bertz CT molecular complexity index is 1780. The summed E-state index contributed by atoms with van der Waals surface area (Å²) < 4.78 is 0. The first-order valence-electron chi connectivity index (χ1n) is 15.8. The number of carboxylic acid groups (broad SMARTS) is 4. The summed E-state index contributed by atoms with van der Waals surface area (Å²) in [6.07, 6.45) is 7.00. The molecule has 6 aromatic rings. The molecule has 0 spiro atoms. The average molecular weight is 882 g/mol. The fourth-order valence-corrected chi connectivity index (χ4v) is 3.45. The van der Waals surface area contributed by atoms with E-state index in [0.29, 0.717) is 0 Å². The Balaban J connectivity index is 0. The van der Waals surface area contributed by atoms with E-state index in [4.69, 9.17) is 0 Å². The Morgan fingerprint density at radius 3 is 0.534 bits per heavy atom. The molecule has 0 fully saturated rings. The number of hydrogen-bond donors (Lipinski definition) is 0. The van der Waals surface area contributed by atoms with Gasteiger partial charge in [0.25, 0.3) is 0 Å². The van der Waals surface area contributed by atoms with E-state index in [1.807, 2.05) is 36.4 Å². The van der Waals surface area contributed by atoms with Crippen LogP contribution in [-0.2, 0) is 53.3 Å². The van der Waals surface area contributed by atoms with E-state index in [9.17, 15) is 58.8 Å². The van der Waals surface area contributed by atoms with E-state index < -0.39 is 47.0 Å². The maximum absolute atomic E-state index is 10.7. The molecule has 0 unspecified atom stereocenters. The van der Waals surface area contributed by atoms with E-state index in [0.717, 1.165) is 0 Å². The number of Topliss-reactive ketones (excluding diaryl/α,β-unsaturated/α-hetero) is 4. The molecule has 0 amide bonds. The molecule has 6 rings (SSSR count). The molecule has 0 aliphatic carbocycles. The Morgan fingerprint density at radius 2 is 0.431 bits per heavy atom. The molecule has 302 valence electrons. The fraction of sp³-hybridized carbons (Fsp3) is 0. The Labute approximate surface area is 353 Å². The van der Waals surface area contributed by atoms with Gasteiger partial charge in [-0.3, -0.25) is 29.1 Å². The second kappa shape index (κ2) is 32.1. The molecule has 0 atom stereocenters. The van der Waals surface area contributed by atoms with Crippen LogP contribution in [0.4, 0.5) is 0 Å². The van der Waals surface area contributed by atoms with Gasteiger partial charge in [0.1, 0.15) is 23.9 Å². The predicted octanol–water partition coefficient (Wildman–Crippen LogP) is 0.635. The summed E-state index contributed by atoms with van der Waals surface area (Å²) >= 11 is 0. The van der Waals surface area contributed by atoms with Crippen LogP contribution in [0.5, 0.6) is 0 Å². The minimum absolute atomic E-state index is 0. The molecule has 4 aromatic carbocycles. The molecule has 58 heavy (non-hydrogen) atoms. The number of pyridine rings is 2. The summed E-state index contributed by atoms with van der Waals surface area (Å²) in [6, 6.07) is 42.4. The van der Waals surface area contributed by atoms with Crippen LogP contribution < -0.4 is 20.4 Å². The Kier molecular flexibility index (Phi) is 29.2. The number of aromatic nitrogens is 2. The monoisotopic (exact) mass is 880 g/mol. The number of nitrogens with zero attached hydrogens (tertiary/aromatic N) is 2. The third-order valence-electron chi connectivity index (χ3n) is 6.02. The predicted molar refractivity (Wildman–Crippen MR) is 192 cm³/mol. The molecule has 14 nitrogen and oxygen atoms in total. The van der Waals surface area contributed by atoms with Crippen molar-refractivity contribution >= 4 is 47.0 Å². The van der Waals surface area contributed by atoms with Crippen LogP contribution in [0.1, 0.15) is 41.4 Å². The first kappa shape index (κ1) is 52.9. The second-order valence-electron chi connectivity index (χ2n) is 9.98. The Hall–Kier alpha value is -7.22. The van der Waals surface area contributed by atoms with Crippen molar-refractivity contribution in [3.05, 3.63) is 205 Å². The average Bonchev–Trinajstić information content (AvgIpc) is 3.26. The summed E-state index contributed by atoms with van der Waals surface area (Å²) in [5, 5.41) is 40.2. The quantitative estimate of drug-likeness (QED) is 0.116. The van der Waals surface area contributed by atoms with E-state index in [1.54, 1.807) is 97.6 Å². The summed E-state index contributed by atoms with van der Waals surface area (Å²) in [7, 11) is 0. The number of carboxylic acids is 4. The van der Waals surface area contributed by atoms with Crippen molar-refractivity contribution in [3.63, 3.8) is 0 Å². The van der Waals surface area contributed by atoms with E-state index in [-0.39, 0.29) is 56.4 Å². The van der Waals surface area contributed by atoms with Gasteiger partial charge in [0.2, 0.25) is 23.1 Å². The molecule has 0 saturated carbocycles. The van der Waals surface area contributed by atoms with Gasteiger partial charge in [-0.05, 0) is 24.3 Å². The number of aliphatic carboxylic acids is 4. The standard InChI is InChI=1S/4C8H6O3.2C5H5N.2Cu/c4*9-7(8(10)11)6-4-2-1-3-5-6;2*1-2-4-6-5-3-1;;/h4*1-5H,(H,10,11);2*1-5H;;/q;;;;;;2*+2/p-4. The zero-order chi connectivity index (χ0) is 41.6. The maximum Gasteiger partial charge on any atom is 2.00 e. The topological polar surface area (TPSA) is 255 Å². The third kappa shape index (κ3) is 23.5. The van der Waals surface area contributed by atoms with Crippen molar-refractivity contribution in [2.24, 2.45) is 0 Å². The van der Waals surface area contributed by atoms with Crippen molar-refractivity contribution in [2.75, 3.05) is 0 Å². The summed E-state index contributed by atoms with van der Waals surface area (Å²) in [4.78, 5) is 90.5. The minimum Gasteiger partial charge on any atom is -0.541 e. The molecule has 0 bridgehead atoms. The normalized spacial score (nSPS) is 8.55. The van der Waals surface area contributed by atoms with Crippen LogP contribution in [0.25, 0.3) is 0 Å². The molecule has 0 N–H and O–H groups in total. The second-order valence-corrected chi connectivity index (χ2v) is 9.98. The van der Waals surface area contributed by atoms with Crippen molar-refractivity contribution in [3.8, 4) is 0 Å². The van der Waals surface area contributed by atoms with Gasteiger partial charge in [0, 0.05) is 47.0 Å². The molecular weight excluding hydrogens is 852 g/mol. The number of benzene rings is 4. The largest absolute Gasteiger partial charge is 2.00 e. The first-order chi connectivity index (χ1) is 26.9. The summed E-state index contributed by atoms with van der Waals surface area (Å²) in [5.74, 6) is -10.6. The number of carbonyl (C=O) groups is 8. The van der Waals surface area contributed by atoms with Gasteiger partial charge in [-0.1, -0.05) is 133 Å². The number of hydrogen-bond acceptors (Lipinski definition) is 14. The zero-order valence-corrected chi connectivity index (χ0v) is 31.6. The summed E-state index contributed by atoms with van der Waals surface area (Å²) in [5.41, 5.74) is 0.583. The SMILES string of the molecule is O=C([O-])C(=O)c1ccccc1.O=C([O-])C(=O)c1ccccc1.O=C([O-])C(=O)c1ccccc1.O=C([O-])C(=O)c1ccccc1.[Cu+2].[Cu+2].c1ccncc1.c1ccncc1. The molecular formula is C42H30Cu2N2O12. The minimum atomic E-state index is -1.67. The first-order valence-corrected chi connectivity index (χ1v) is 15.8. The number of carbonyl (C=O) groups excluding carboxylic acids is 8. The van der Waals surface area contributed by atoms with Gasteiger partial charge in [-0.2, -0.15) is 0 Å². The van der Waals surface area contributed by atoms with Crippen LogP contribution in [-0.4, -0.2) is 57.0 Å². The van der Waals surface area contributed by atoms with Gasteiger partial charge < -0.3 is 39.6 Å². The smallest absolute Gasteiger partial charge is 0.541 e. The molecule has 2 radical (unpaired) electrons. The molecule has 0 aliphatic heterocycles. The van der Waals surface area contributed by atoms with E-state index >= 15 is 0 Å². The van der Waals surface area contributed by atoms with Gasteiger partial charge in [0.15, 0.2) is 0 Å².